The summed E-state index contributed by atoms with van der Waals surface area (Å²) in [6.07, 6.45) is 0. The van der Waals surface area contributed by atoms with Gasteiger partial charge in [0.25, 0.3) is 0 Å². The van der Waals surface area contributed by atoms with E-state index in [0.717, 1.165) is 15.5 Å². The highest BCUT2D eigenvalue weighted by Gasteiger charge is 2.16. The molecule has 1 heterocycles. The second kappa shape index (κ2) is 4.18. The van der Waals surface area contributed by atoms with Crippen molar-refractivity contribution in [2.24, 2.45) is 0 Å². The zero-order valence-electron chi connectivity index (χ0n) is 9.48. The molecule has 0 saturated carbocycles. The maximum absolute atomic E-state index is 10.8. The van der Waals surface area contributed by atoms with Crippen LogP contribution in [0.15, 0.2) is 30.3 Å². The van der Waals surface area contributed by atoms with E-state index in [2.05, 4.69) is 9.51 Å². The van der Waals surface area contributed by atoms with Gasteiger partial charge in [0, 0.05) is 5.39 Å². The van der Waals surface area contributed by atoms with Crippen LogP contribution in [0.3, 0.4) is 0 Å². The molecule has 98 valence electrons. The molecule has 0 fully saturated rings. The summed E-state index contributed by atoms with van der Waals surface area (Å²) in [6.45, 7) is 0. The zero-order valence-corrected chi connectivity index (χ0v) is 11.2. The lowest BCUT2D eigenvalue weighted by atomic mass is 10.1. The minimum Gasteiger partial charge on any atom is -0.404 e. The summed E-state index contributed by atoms with van der Waals surface area (Å²) in [5.41, 5.74) is 6.38. The van der Waals surface area contributed by atoms with Crippen LogP contribution in [0.1, 0.15) is 0 Å². The Bertz CT molecular complexity index is 826. The van der Waals surface area contributed by atoms with Crippen molar-refractivity contribution < 1.29 is 18.9 Å². The van der Waals surface area contributed by atoms with Crippen molar-refractivity contribution in [2.45, 2.75) is 0 Å². The molecule has 0 aliphatic rings. The molecule has 3 rings (SSSR count). The average molecular weight is 296 g/mol. The van der Waals surface area contributed by atoms with Crippen molar-refractivity contribution in [1.82, 2.24) is 4.98 Å². The van der Waals surface area contributed by atoms with Crippen LogP contribution in [0.2, 0.25) is 0 Å². The molecule has 3 aromatic rings. The highest BCUT2D eigenvalue weighted by atomic mass is 32.1. The van der Waals surface area contributed by atoms with Crippen molar-refractivity contribution in [2.75, 3.05) is 5.73 Å². The fraction of sp³-hybridized carbons (Fsp3) is 0. The topological polar surface area (TPSA) is 106 Å². The monoisotopic (exact) mass is 296 g/mol. The molecule has 0 unspecified atom stereocenters. The molecule has 4 N–H and O–H groups in total. The molecule has 19 heavy (non-hydrogen) atoms. The van der Waals surface area contributed by atoms with E-state index in [9.17, 15) is 4.57 Å². The Morgan fingerprint density at radius 2 is 2.00 bits per heavy atom. The third kappa shape index (κ3) is 2.41. The van der Waals surface area contributed by atoms with E-state index >= 15 is 0 Å². The fourth-order valence-corrected chi connectivity index (χ4v) is 3.04. The van der Waals surface area contributed by atoms with Crippen molar-refractivity contribution in [3.8, 4) is 5.75 Å². The van der Waals surface area contributed by atoms with Gasteiger partial charge in [0.2, 0.25) is 0 Å². The Balaban J connectivity index is 2.24. The first kappa shape index (κ1) is 12.4. The molecule has 0 radical (unpaired) electrons. The molecular weight excluding hydrogens is 287 g/mol. The van der Waals surface area contributed by atoms with Crippen LogP contribution >= 0.6 is 19.2 Å². The van der Waals surface area contributed by atoms with Crippen LogP contribution in [-0.2, 0) is 4.57 Å². The number of nitrogens with two attached hydrogens (primary N) is 1. The number of nitrogens with zero attached hydrogens (tertiary/aromatic N) is 1. The minimum atomic E-state index is -4.56. The van der Waals surface area contributed by atoms with Gasteiger partial charge in [0.1, 0.15) is 5.75 Å². The Morgan fingerprint density at radius 1 is 1.26 bits per heavy atom. The largest absolute Gasteiger partial charge is 0.524 e. The normalized spacial score (nSPS) is 12.1. The van der Waals surface area contributed by atoms with Gasteiger partial charge in [-0.1, -0.05) is 23.5 Å². The third-order valence-electron chi connectivity index (χ3n) is 2.59. The smallest absolute Gasteiger partial charge is 0.404 e. The Labute approximate surface area is 111 Å². The third-order valence-corrected chi connectivity index (χ3v) is 3.89. The van der Waals surface area contributed by atoms with Crippen molar-refractivity contribution >= 4 is 45.3 Å². The number of rotatable bonds is 2. The van der Waals surface area contributed by atoms with Gasteiger partial charge in [-0.25, -0.2) is 9.55 Å². The van der Waals surface area contributed by atoms with Gasteiger partial charge in [-0.05, 0) is 23.6 Å². The van der Waals surface area contributed by atoms with Gasteiger partial charge in [0.15, 0.2) is 5.13 Å². The Morgan fingerprint density at radius 3 is 2.74 bits per heavy atom. The Hall–Kier alpha value is -1.66. The highest BCUT2D eigenvalue weighted by Crippen LogP contribution is 2.39. The minimum absolute atomic E-state index is 0.0971. The van der Waals surface area contributed by atoms with E-state index in [0.29, 0.717) is 10.6 Å². The zero-order chi connectivity index (χ0) is 13.6. The molecule has 0 spiro atoms. The summed E-state index contributed by atoms with van der Waals surface area (Å²) in [5, 5.41) is 2.09. The second-order valence-corrected chi connectivity index (χ2v) is 6.16. The summed E-state index contributed by atoms with van der Waals surface area (Å²) < 4.78 is 16.3. The van der Waals surface area contributed by atoms with Gasteiger partial charge in [-0.15, -0.1) is 0 Å². The molecule has 6 nitrogen and oxygen atoms in total. The number of anilines is 1. The predicted molar refractivity (Wildman–Crippen MR) is 74.2 cm³/mol. The van der Waals surface area contributed by atoms with Crippen molar-refractivity contribution in [3.05, 3.63) is 30.3 Å². The van der Waals surface area contributed by atoms with Crippen LogP contribution in [0.5, 0.6) is 5.75 Å². The SMILES string of the molecule is Nc1nc2c(ccc3ccc(OP(=O)(O)O)cc32)s1. The highest BCUT2D eigenvalue weighted by molar-refractivity contribution is 7.46. The number of phosphoric acid groups is 1. The summed E-state index contributed by atoms with van der Waals surface area (Å²) in [6, 6.07) is 8.58. The van der Waals surface area contributed by atoms with Gasteiger partial charge in [-0.2, -0.15) is 0 Å². The van der Waals surface area contributed by atoms with Crippen LogP contribution in [0, 0.1) is 0 Å². The predicted octanol–water partition coefficient (Wildman–Crippen LogP) is 2.50. The van der Waals surface area contributed by atoms with E-state index < -0.39 is 7.82 Å². The number of hydrogen-bond acceptors (Lipinski definition) is 5. The number of nitrogen functional groups attached to an aromatic ring is 1. The quantitative estimate of drug-likeness (QED) is 0.627. The van der Waals surface area contributed by atoms with Crippen LogP contribution < -0.4 is 10.3 Å². The maximum Gasteiger partial charge on any atom is 0.524 e. The fourth-order valence-electron chi connectivity index (χ4n) is 1.90. The first-order valence-corrected chi connectivity index (χ1v) is 7.61. The molecular formula is C11H9N2O4PS. The van der Waals surface area contributed by atoms with E-state index in [1.807, 2.05) is 12.1 Å². The molecule has 0 amide bonds. The van der Waals surface area contributed by atoms with Gasteiger partial charge in [-0.3, -0.25) is 9.79 Å². The maximum atomic E-state index is 10.8. The first-order chi connectivity index (χ1) is 8.92. The lowest BCUT2D eigenvalue weighted by molar-refractivity contribution is 0.283. The molecule has 8 heteroatoms. The van der Waals surface area contributed by atoms with E-state index in [1.54, 1.807) is 12.1 Å². The number of fused-ring (bicyclic) bond motifs is 3. The number of thiazole rings is 1. The molecule has 0 atom stereocenters. The number of phosphoric ester groups is 1. The summed E-state index contributed by atoms with van der Waals surface area (Å²) in [5.74, 6) is 0.0971. The van der Waals surface area contributed by atoms with Gasteiger partial charge >= 0.3 is 7.82 Å². The van der Waals surface area contributed by atoms with Crippen molar-refractivity contribution in [1.29, 1.82) is 0 Å². The molecule has 0 bridgehead atoms. The number of aromatic nitrogens is 1. The van der Waals surface area contributed by atoms with Crippen LogP contribution in [0.25, 0.3) is 21.0 Å². The van der Waals surface area contributed by atoms with Gasteiger partial charge < -0.3 is 10.3 Å². The summed E-state index contributed by atoms with van der Waals surface area (Å²) in [7, 11) is -4.56. The lowest BCUT2D eigenvalue weighted by Gasteiger charge is -2.07. The molecule has 0 aliphatic carbocycles. The molecule has 2 aromatic carbocycles. The summed E-state index contributed by atoms with van der Waals surface area (Å²) in [4.78, 5) is 21.9. The van der Waals surface area contributed by atoms with Crippen molar-refractivity contribution in [3.63, 3.8) is 0 Å². The van der Waals surface area contributed by atoms with E-state index in [4.69, 9.17) is 15.5 Å². The number of hydrogen-bond donors (Lipinski definition) is 3. The first-order valence-electron chi connectivity index (χ1n) is 5.26. The molecule has 1 aromatic heterocycles. The molecule has 0 aliphatic heterocycles. The van der Waals surface area contributed by atoms with E-state index in [-0.39, 0.29) is 5.75 Å². The lowest BCUT2D eigenvalue weighted by Crippen LogP contribution is -1.90. The number of benzene rings is 2. The van der Waals surface area contributed by atoms with Crippen LogP contribution in [0.4, 0.5) is 5.13 Å². The van der Waals surface area contributed by atoms with E-state index in [1.165, 1.54) is 17.4 Å². The van der Waals surface area contributed by atoms with Crippen LogP contribution in [-0.4, -0.2) is 14.8 Å². The molecule has 0 saturated heterocycles. The standard InChI is InChI=1S/C11H9N2O4PS/c12-11-13-10-8-5-7(17-18(14,15)16)3-1-6(8)2-4-9(10)19-11/h1-5H,(H2,12,13)(H2,14,15,16). The Kier molecular flexibility index (Phi) is 2.72. The summed E-state index contributed by atoms with van der Waals surface area (Å²) >= 11 is 1.36. The average Bonchev–Trinajstić information content (AvgIpc) is 2.67. The van der Waals surface area contributed by atoms with Gasteiger partial charge in [0.05, 0.1) is 10.2 Å². The second-order valence-electron chi connectivity index (χ2n) is 3.93.